The first-order chi connectivity index (χ1) is 15.1. The zero-order valence-electron chi connectivity index (χ0n) is 16.4. The number of nitrogens with zero attached hydrogens (tertiary/aromatic N) is 1. The standard InChI is InChI=1S/C23H19N3O3S2/c27-21(24-13-15-6-2-1-3-7-15)14-30-23-26-19-11-10-16(12-20(19)31-23)25-18-9-5-4-8-17(18)22(28)29/h1-12,25H,13-14H2,(H,24,27)(H,28,29). The van der Waals surface area contributed by atoms with Crippen LogP contribution in [0.1, 0.15) is 15.9 Å². The van der Waals surface area contributed by atoms with Gasteiger partial charge in [0.05, 0.1) is 27.2 Å². The molecule has 0 fully saturated rings. The summed E-state index contributed by atoms with van der Waals surface area (Å²) in [6.07, 6.45) is 0. The fourth-order valence-corrected chi connectivity index (χ4v) is 4.89. The Hall–Kier alpha value is -3.36. The first kappa shape index (κ1) is 20.9. The molecule has 6 nitrogen and oxygen atoms in total. The fourth-order valence-electron chi connectivity index (χ4n) is 2.95. The quantitative estimate of drug-likeness (QED) is 0.322. The number of carbonyl (C=O) groups is 2. The van der Waals surface area contributed by atoms with Crippen molar-refractivity contribution >= 4 is 56.6 Å². The van der Waals surface area contributed by atoms with Crippen LogP contribution in [0.5, 0.6) is 0 Å². The van der Waals surface area contributed by atoms with E-state index in [2.05, 4.69) is 15.6 Å². The van der Waals surface area contributed by atoms with Crippen LogP contribution in [-0.4, -0.2) is 27.7 Å². The van der Waals surface area contributed by atoms with E-state index in [9.17, 15) is 14.7 Å². The minimum atomic E-state index is -0.980. The van der Waals surface area contributed by atoms with Crippen molar-refractivity contribution in [3.63, 3.8) is 0 Å². The molecule has 0 saturated heterocycles. The van der Waals surface area contributed by atoms with E-state index in [-0.39, 0.29) is 11.5 Å². The van der Waals surface area contributed by atoms with E-state index in [1.807, 2.05) is 48.5 Å². The number of carboxylic acid groups (broad SMARTS) is 1. The summed E-state index contributed by atoms with van der Waals surface area (Å²) in [5.74, 6) is -0.726. The van der Waals surface area contributed by atoms with Gasteiger partial charge in [-0.25, -0.2) is 9.78 Å². The molecule has 0 atom stereocenters. The Bertz CT molecular complexity index is 1230. The summed E-state index contributed by atoms with van der Waals surface area (Å²) in [7, 11) is 0. The highest BCUT2D eigenvalue weighted by Crippen LogP contribution is 2.32. The number of para-hydroxylation sites is 1. The lowest BCUT2D eigenvalue weighted by Gasteiger charge is -2.09. The van der Waals surface area contributed by atoms with Gasteiger partial charge in [0.15, 0.2) is 4.34 Å². The molecule has 4 rings (SSSR count). The van der Waals surface area contributed by atoms with Crippen molar-refractivity contribution < 1.29 is 14.7 Å². The summed E-state index contributed by atoms with van der Waals surface area (Å²) in [5, 5.41) is 15.4. The third kappa shape index (κ3) is 5.42. The number of carboxylic acids is 1. The first-order valence-corrected chi connectivity index (χ1v) is 11.3. The van der Waals surface area contributed by atoms with Crippen molar-refractivity contribution in [2.24, 2.45) is 0 Å². The van der Waals surface area contributed by atoms with Gasteiger partial charge in [-0.2, -0.15) is 0 Å². The molecule has 0 aliphatic carbocycles. The van der Waals surface area contributed by atoms with Crippen molar-refractivity contribution in [2.75, 3.05) is 11.1 Å². The van der Waals surface area contributed by atoms with Crippen LogP contribution < -0.4 is 10.6 Å². The maximum Gasteiger partial charge on any atom is 0.337 e. The second-order valence-corrected chi connectivity index (χ2v) is 8.94. The molecule has 3 N–H and O–H groups in total. The number of aromatic carboxylic acids is 1. The van der Waals surface area contributed by atoms with Crippen molar-refractivity contribution in [1.82, 2.24) is 10.3 Å². The van der Waals surface area contributed by atoms with Gasteiger partial charge in [-0.1, -0.05) is 54.2 Å². The molecule has 0 aliphatic rings. The Morgan fingerprint density at radius 2 is 1.77 bits per heavy atom. The number of hydrogen-bond acceptors (Lipinski definition) is 6. The number of thiazole rings is 1. The summed E-state index contributed by atoms with van der Waals surface area (Å²) in [5.41, 5.74) is 3.43. The molecule has 4 aromatic rings. The molecule has 31 heavy (non-hydrogen) atoms. The number of aromatic nitrogens is 1. The molecule has 0 spiro atoms. The first-order valence-electron chi connectivity index (χ1n) is 9.52. The third-order valence-corrected chi connectivity index (χ3v) is 6.63. The maximum absolute atomic E-state index is 12.1. The molecular weight excluding hydrogens is 430 g/mol. The Labute approximate surface area is 187 Å². The molecule has 0 aliphatic heterocycles. The van der Waals surface area contributed by atoms with Crippen molar-refractivity contribution in [3.8, 4) is 0 Å². The number of rotatable bonds is 8. The van der Waals surface area contributed by atoms with Gasteiger partial charge in [0.25, 0.3) is 0 Å². The van der Waals surface area contributed by atoms with E-state index in [0.717, 1.165) is 25.8 Å². The number of benzene rings is 3. The van der Waals surface area contributed by atoms with Gasteiger partial charge in [-0.15, -0.1) is 11.3 Å². The van der Waals surface area contributed by atoms with Gasteiger partial charge in [0.2, 0.25) is 5.91 Å². The molecule has 1 amide bonds. The molecule has 1 aromatic heterocycles. The van der Waals surface area contributed by atoms with Crippen molar-refractivity contribution in [3.05, 3.63) is 83.9 Å². The summed E-state index contributed by atoms with van der Waals surface area (Å²) >= 11 is 2.91. The molecule has 0 bridgehead atoms. The van der Waals surface area contributed by atoms with E-state index >= 15 is 0 Å². The van der Waals surface area contributed by atoms with Gasteiger partial charge in [-0.3, -0.25) is 4.79 Å². The molecular formula is C23H19N3O3S2. The number of nitrogens with one attached hydrogen (secondary N) is 2. The molecule has 0 radical (unpaired) electrons. The summed E-state index contributed by atoms with van der Waals surface area (Å²) in [6.45, 7) is 0.507. The highest BCUT2D eigenvalue weighted by Gasteiger charge is 2.11. The lowest BCUT2D eigenvalue weighted by Crippen LogP contribution is -2.24. The predicted octanol–water partition coefficient (Wildman–Crippen LogP) is 5.15. The van der Waals surface area contributed by atoms with Crippen LogP contribution in [0.25, 0.3) is 10.2 Å². The highest BCUT2D eigenvalue weighted by molar-refractivity contribution is 8.01. The zero-order valence-corrected chi connectivity index (χ0v) is 18.0. The van der Waals surface area contributed by atoms with Crippen LogP contribution in [0, 0.1) is 0 Å². The number of fused-ring (bicyclic) bond motifs is 1. The van der Waals surface area contributed by atoms with E-state index in [1.54, 1.807) is 24.3 Å². The minimum Gasteiger partial charge on any atom is -0.478 e. The second kappa shape index (κ2) is 9.63. The van der Waals surface area contributed by atoms with E-state index in [0.29, 0.717) is 18.0 Å². The molecule has 156 valence electrons. The van der Waals surface area contributed by atoms with Gasteiger partial charge in [-0.05, 0) is 35.9 Å². The number of carbonyl (C=O) groups excluding carboxylic acids is 1. The van der Waals surface area contributed by atoms with Crippen LogP contribution in [-0.2, 0) is 11.3 Å². The summed E-state index contributed by atoms with van der Waals surface area (Å²) < 4.78 is 1.78. The number of amides is 1. The van der Waals surface area contributed by atoms with Gasteiger partial charge in [0.1, 0.15) is 0 Å². The number of hydrogen-bond donors (Lipinski definition) is 3. The Kier molecular flexibility index (Phi) is 6.49. The average Bonchev–Trinajstić information content (AvgIpc) is 3.19. The van der Waals surface area contributed by atoms with Crippen molar-refractivity contribution in [2.45, 2.75) is 10.9 Å². The lowest BCUT2D eigenvalue weighted by atomic mass is 10.1. The van der Waals surface area contributed by atoms with Crippen molar-refractivity contribution in [1.29, 1.82) is 0 Å². The normalized spacial score (nSPS) is 10.7. The fraction of sp³-hybridized carbons (Fsp3) is 0.0870. The maximum atomic E-state index is 12.1. The Balaban J connectivity index is 1.39. The van der Waals surface area contributed by atoms with Crippen LogP contribution in [0.3, 0.4) is 0 Å². The Morgan fingerprint density at radius 3 is 2.58 bits per heavy atom. The molecule has 3 aromatic carbocycles. The summed E-state index contributed by atoms with van der Waals surface area (Å²) in [6, 6.07) is 22.2. The SMILES string of the molecule is O=C(CSc1nc2ccc(Nc3ccccc3C(=O)O)cc2s1)NCc1ccccc1. The van der Waals surface area contributed by atoms with E-state index < -0.39 is 5.97 Å². The average molecular weight is 450 g/mol. The van der Waals surface area contributed by atoms with E-state index in [1.165, 1.54) is 23.1 Å². The highest BCUT2D eigenvalue weighted by atomic mass is 32.2. The number of thioether (sulfide) groups is 1. The van der Waals surface area contributed by atoms with Crippen LogP contribution in [0.2, 0.25) is 0 Å². The lowest BCUT2D eigenvalue weighted by molar-refractivity contribution is -0.118. The molecule has 8 heteroatoms. The smallest absolute Gasteiger partial charge is 0.337 e. The van der Waals surface area contributed by atoms with Crippen LogP contribution >= 0.6 is 23.1 Å². The second-order valence-electron chi connectivity index (χ2n) is 6.69. The molecule has 0 unspecified atom stereocenters. The zero-order chi connectivity index (χ0) is 21.6. The van der Waals surface area contributed by atoms with Crippen LogP contribution in [0.4, 0.5) is 11.4 Å². The van der Waals surface area contributed by atoms with Crippen LogP contribution in [0.15, 0.2) is 77.1 Å². The topological polar surface area (TPSA) is 91.3 Å². The molecule has 1 heterocycles. The summed E-state index contributed by atoms with van der Waals surface area (Å²) in [4.78, 5) is 28.1. The largest absolute Gasteiger partial charge is 0.478 e. The monoisotopic (exact) mass is 449 g/mol. The third-order valence-electron chi connectivity index (χ3n) is 4.46. The van der Waals surface area contributed by atoms with Gasteiger partial charge >= 0.3 is 5.97 Å². The number of anilines is 2. The molecule has 0 saturated carbocycles. The predicted molar refractivity (Wildman–Crippen MR) is 125 cm³/mol. The van der Waals surface area contributed by atoms with E-state index in [4.69, 9.17) is 0 Å². The van der Waals surface area contributed by atoms with Gasteiger partial charge in [0, 0.05) is 12.2 Å². The Morgan fingerprint density at radius 1 is 1.00 bits per heavy atom. The van der Waals surface area contributed by atoms with Gasteiger partial charge < -0.3 is 15.7 Å². The minimum absolute atomic E-state index is 0.0410.